The molecule has 0 aliphatic carbocycles. The van der Waals surface area contributed by atoms with Gasteiger partial charge in [-0.3, -0.25) is 9.89 Å². The van der Waals surface area contributed by atoms with Crippen molar-refractivity contribution in [3.05, 3.63) is 40.7 Å². The van der Waals surface area contributed by atoms with Crippen LogP contribution in [0.15, 0.2) is 18.2 Å². The molecule has 26 heavy (non-hydrogen) atoms. The second-order valence-corrected chi connectivity index (χ2v) is 7.68. The molecule has 1 atom stereocenters. The maximum absolute atomic E-state index is 12.5. The van der Waals surface area contributed by atoms with E-state index < -0.39 is 0 Å². The highest BCUT2D eigenvalue weighted by Gasteiger charge is 2.25. The molecule has 0 radical (unpaired) electrons. The molecule has 6 nitrogen and oxygen atoms in total. The molecule has 2 N–H and O–H groups in total. The molecular weight excluding hydrogens is 330 g/mol. The fourth-order valence-electron chi connectivity index (χ4n) is 3.48. The van der Waals surface area contributed by atoms with Crippen molar-refractivity contribution in [1.82, 2.24) is 15.5 Å². The number of fused-ring (bicyclic) bond motifs is 1. The largest absolute Gasteiger partial charge is 0.454 e. The summed E-state index contributed by atoms with van der Waals surface area (Å²) in [4.78, 5) is 12.5. The predicted molar refractivity (Wildman–Crippen MR) is 99.7 cm³/mol. The number of aromatic amines is 1. The number of carbonyl (C=O) groups is 1. The number of carbonyl (C=O) groups excluding carboxylic acids is 1. The molecule has 6 heteroatoms. The van der Waals surface area contributed by atoms with E-state index in [4.69, 9.17) is 9.47 Å². The average Bonchev–Trinajstić information content (AvgIpc) is 3.18. The van der Waals surface area contributed by atoms with Gasteiger partial charge in [0.05, 0.1) is 5.69 Å². The number of amides is 1. The van der Waals surface area contributed by atoms with Gasteiger partial charge in [-0.25, -0.2) is 0 Å². The fourth-order valence-corrected chi connectivity index (χ4v) is 3.48. The van der Waals surface area contributed by atoms with Crippen molar-refractivity contribution in [2.75, 3.05) is 13.3 Å². The first-order chi connectivity index (χ1) is 12.3. The molecule has 1 aromatic carbocycles. The minimum absolute atomic E-state index is 0.0475. The summed E-state index contributed by atoms with van der Waals surface area (Å²) in [5.74, 6) is 1.71. The minimum atomic E-state index is -0.207. The normalized spacial score (nSPS) is 14.3. The topological polar surface area (TPSA) is 76.2 Å². The van der Waals surface area contributed by atoms with Crippen molar-refractivity contribution >= 4 is 5.91 Å². The van der Waals surface area contributed by atoms with E-state index in [2.05, 4.69) is 36.3 Å². The summed E-state index contributed by atoms with van der Waals surface area (Å²) in [5, 5.41) is 10.3. The molecule has 0 saturated heterocycles. The average molecular weight is 357 g/mol. The number of H-pyrrole nitrogens is 1. The van der Waals surface area contributed by atoms with Crippen LogP contribution in [0.2, 0.25) is 0 Å². The van der Waals surface area contributed by atoms with Gasteiger partial charge < -0.3 is 14.8 Å². The highest BCUT2D eigenvalue weighted by atomic mass is 16.7. The van der Waals surface area contributed by atoms with E-state index in [1.54, 1.807) is 0 Å². The molecule has 140 valence electrons. The summed E-state index contributed by atoms with van der Waals surface area (Å²) in [6, 6.07) is 5.95. The molecular formula is C20H27N3O3. The lowest BCUT2D eigenvalue weighted by molar-refractivity contribution is -0.121. The first-order valence-electron chi connectivity index (χ1n) is 8.96. The van der Waals surface area contributed by atoms with Crippen molar-refractivity contribution in [2.45, 2.75) is 52.4 Å². The number of benzene rings is 1. The minimum Gasteiger partial charge on any atom is -0.454 e. The zero-order valence-electron chi connectivity index (χ0n) is 16.1. The summed E-state index contributed by atoms with van der Waals surface area (Å²) in [5.41, 5.74) is 4.03. The van der Waals surface area contributed by atoms with Crippen molar-refractivity contribution in [1.29, 1.82) is 0 Å². The van der Waals surface area contributed by atoms with Crippen LogP contribution in [0.3, 0.4) is 0 Å². The molecule has 0 bridgehead atoms. The zero-order valence-corrected chi connectivity index (χ0v) is 16.1. The lowest BCUT2D eigenvalue weighted by atomic mass is 9.84. The van der Waals surface area contributed by atoms with Gasteiger partial charge in [0.1, 0.15) is 0 Å². The van der Waals surface area contributed by atoms with Crippen molar-refractivity contribution < 1.29 is 14.3 Å². The SMILES string of the molecule is Cc1n[nH]c(C)c1C(C)CC(=O)NCC(C)(C)c1ccc2c(c1)OCO2. The Hall–Kier alpha value is -2.50. The number of ether oxygens (including phenoxy) is 2. The smallest absolute Gasteiger partial charge is 0.231 e. The molecule has 2 heterocycles. The third kappa shape index (κ3) is 3.69. The molecule has 0 spiro atoms. The van der Waals surface area contributed by atoms with Gasteiger partial charge in [0, 0.05) is 24.1 Å². The van der Waals surface area contributed by atoms with Gasteiger partial charge in [-0.2, -0.15) is 5.10 Å². The molecule has 1 aliphatic rings. The maximum atomic E-state index is 12.5. The maximum Gasteiger partial charge on any atom is 0.231 e. The number of hydrogen-bond acceptors (Lipinski definition) is 4. The Bertz CT molecular complexity index is 791. The third-order valence-electron chi connectivity index (χ3n) is 5.05. The van der Waals surface area contributed by atoms with Crippen molar-refractivity contribution in [3.8, 4) is 11.5 Å². The Labute approximate surface area is 154 Å². The lowest BCUT2D eigenvalue weighted by Gasteiger charge is -2.26. The second kappa shape index (κ2) is 7.02. The van der Waals surface area contributed by atoms with Crippen LogP contribution in [0.25, 0.3) is 0 Å². The first-order valence-corrected chi connectivity index (χ1v) is 8.96. The van der Waals surface area contributed by atoms with Gasteiger partial charge in [-0.1, -0.05) is 26.8 Å². The predicted octanol–water partition coefficient (Wildman–Crippen LogP) is 3.34. The van der Waals surface area contributed by atoms with Crippen LogP contribution in [-0.2, 0) is 10.2 Å². The van der Waals surface area contributed by atoms with Gasteiger partial charge in [-0.05, 0) is 43.0 Å². The Balaban J connectivity index is 1.59. The van der Waals surface area contributed by atoms with Crippen LogP contribution in [0.5, 0.6) is 11.5 Å². The number of rotatable bonds is 6. The summed E-state index contributed by atoms with van der Waals surface area (Å²) >= 11 is 0. The van der Waals surface area contributed by atoms with Crippen LogP contribution in [0.1, 0.15) is 55.6 Å². The first kappa shape index (κ1) is 18.3. The Kier molecular flexibility index (Phi) is 4.94. The molecule has 2 aromatic rings. The van der Waals surface area contributed by atoms with Gasteiger partial charge in [0.2, 0.25) is 12.7 Å². The van der Waals surface area contributed by atoms with Crippen LogP contribution in [-0.4, -0.2) is 29.4 Å². The Morgan fingerprint density at radius 3 is 2.73 bits per heavy atom. The third-order valence-corrected chi connectivity index (χ3v) is 5.05. The molecule has 3 rings (SSSR count). The van der Waals surface area contributed by atoms with Crippen molar-refractivity contribution in [2.24, 2.45) is 0 Å². The Morgan fingerprint density at radius 1 is 1.31 bits per heavy atom. The summed E-state index contributed by atoms with van der Waals surface area (Å²) in [6.45, 7) is 11.1. The highest BCUT2D eigenvalue weighted by Crippen LogP contribution is 2.36. The number of hydrogen-bond donors (Lipinski definition) is 2. The monoisotopic (exact) mass is 357 g/mol. The van der Waals surface area contributed by atoms with Gasteiger partial charge in [0.15, 0.2) is 11.5 Å². The standard InChI is InChI=1S/C20H27N3O3/c1-12(19-13(2)22-23-14(19)3)8-18(24)21-10-20(4,5)15-6-7-16-17(9-15)26-11-25-16/h6-7,9,12H,8,10-11H2,1-5H3,(H,21,24)(H,22,23). The van der Waals surface area contributed by atoms with Gasteiger partial charge >= 0.3 is 0 Å². The number of nitrogens with zero attached hydrogens (tertiary/aromatic N) is 1. The molecule has 1 amide bonds. The Morgan fingerprint density at radius 2 is 2.04 bits per heavy atom. The molecule has 0 fully saturated rings. The molecule has 1 aromatic heterocycles. The van der Waals surface area contributed by atoms with Crippen LogP contribution in [0.4, 0.5) is 0 Å². The zero-order chi connectivity index (χ0) is 18.9. The molecule has 0 saturated carbocycles. The molecule has 1 unspecified atom stereocenters. The van der Waals surface area contributed by atoms with E-state index in [1.165, 1.54) is 0 Å². The van der Waals surface area contributed by atoms with Crippen LogP contribution < -0.4 is 14.8 Å². The van der Waals surface area contributed by atoms with E-state index >= 15 is 0 Å². The van der Waals surface area contributed by atoms with Crippen LogP contribution >= 0.6 is 0 Å². The van der Waals surface area contributed by atoms with Gasteiger partial charge in [0.25, 0.3) is 0 Å². The quantitative estimate of drug-likeness (QED) is 0.831. The van der Waals surface area contributed by atoms with E-state index in [0.29, 0.717) is 13.0 Å². The summed E-state index contributed by atoms with van der Waals surface area (Å²) < 4.78 is 10.8. The van der Waals surface area contributed by atoms with E-state index in [1.807, 2.05) is 32.0 Å². The van der Waals surface area contributed by atoms with Crippen molar-refractivity contribution in [3.63, 3.8) is 0 Å². The van der Waals surface area contributed by atoms with E-state index in [0.717, 1.165) is 34.0 Å². The number of aromatic nitrogens is 2. The van der Waals surface area contributed by atoms with E-state index in [-0.39, 0.29) is 24.0 Å². The van der Waals surface area contributed by atoms with Gasteiger partial charge in [-0.15, -0.1) is 0 Å². The molecule has 1 aliphatic heterocycles. The summed E-state index contributed by atoms with van der Waals surface area (Å²) in [6.07, 6.45) is 0.443. The number of nitrogens with one attached hydrogen (secondary N) is 2. The fraction of sp³-hybridized carbons (Fsp3) is 0.500. The number of aryl methyl sites for hydroxylation is 2. The van der Waals surface area contributed by atoms with E-state index in [9.17, 15) is 4.79 Å². The summed E-state index contributed by atoms with van der Waals surface area (Å²) in [7, 11) is 0. The van der Waals surface area contributed by atoms with Crippen LogP contribution in [0, 0.1) is 13.8 Å². The highest BCUT2D eigenvalue weighted by molar-refractivity contribution is 5.77. The lowest BCUT2D eigenvalue weighted by Crippen LogP contribution is -2.37. The second-order valence-electron chi connectivity index (χ2n) is 7.68.